The number of rotatable bonds is 13. The Balaban J connectivity index is 2.10. The molecule has 0 amide bonds. The molecule has 0 bridgehead atoms. The lowest BCUT2D eigenvalue weighted by molar-refractivity contribution is -0.136. The van der Waals surface area contributed by atoms with Crippen molar-refractivity contribution in [3.63, 3.8) is 0 Å². The van der Waals surface area contributed by atoms with Crippen LogP contribution < -0.4 is 5.69 Å². The van der Waals surface area contributed by atoms with Crippen molar-refractivity contribution in [2.24, 2.45) is 0 Å². The van der Waals surface area contributed by atoms with Crippen LogP contribution in [0.5, 0.6) is 0 Å². The highest BCUT2D eigenvalue weighted by molar-refractivity contribution is 5.69. The molecular weight excluding hydrogens is 280 g/mol. The van der Waals surface area contributed by atoms with E-state index in [1.807, 2.05) is 0 Å². The number of carbonyl (C=O) groups is 1. The third-order valence-electron chi connectivity index (χ3n) is 4.00. The first-order valence-corrected chi connectivity index (χ1v) is 8.65. The first-order chi connectivity index (χ1) is 10.6. The Bertz CT molecular complexity index is 476. The minimum Gasteiger partial charge on any atom is -0.481 e. The maximum absolute atomic E-state index is 11.3. The lowest BCUT2D eigenvalue weighted by Gasteiger charge is -2.03. The summed E-state index contributed by atoms with van der Waals surface area (Å²) in [6, 6.07) is 0. The Hall–Kier alpha value is -1.52. The van der Waals surface area contributed by atoms with E-state index in [4.69, 9.17) is 5.11 Å². The van der Waals surface area contributed by atoms with E-state index in [1.165, 1.54) is 51.4 Å². The number of hydrogen-bond donors (Lipinski definition) is 3. The smallest absolute Gasteiger partial charge is 0.323 e. The van der Waals surface area contributed by atoms with E-state index >= 15 is 0 Å². The number of imidazole rings is 1. The highest BCUT2D eigenvalue weighted by Gasteiger charge is 2.10. The van der Waals surface area contributed by atoms with Gasteiger partial charge >= 0.3 is 11.7 Å². The summed E-state index contributed by atoms with van der Waals surface area (Å²) in [5.41, 5.74) is 0.971. The van der Waals surface area contributed by atoms with Crippen LogP contribution in [-0.4, -0.2) is 21.0 Å². The normalized spacial score (nSPS) is 11.0. The zero-order valence-corrected chi connectivity index (χ0v) is 13.7. The zero-order chi connectivity index (χ0) is 16.2. The number of nitrogens with one attached hydrogen (secondary N) is 2. The molecule has 5 nitrogen and oxygen atoms in total. The van der Waals surface area contributed by atoms with Crippen molar-refractivity contribution < 1.29 is 9.90 Å². The van der Waals surface area contributed by atoms with E-state index in [2.05, 4.69) is 16.9 Å². The Labute approximate surface area is 132 Å². The molecule has 0 spiro atoms. The number of carboxylic acid groups (broad SMARTS) is 1. The van der Waals surface area contributed by atoms with Crippen LogP contribution in [0.25, 0.3) is 0 Å². The minimum absolute atomic E-state index is 0.119. The number of aromatic nitrogens is 2. The van der Waals surface area contributed by atoms with E-state index in [0.717, 1.165) is 25.0 Å². The maximum Gasteiger partial charge on any atom is 0.323 e. The van der Waals surface area contributed by atoms with Crippen LogP contribution in [0.2, 0.25) is 0 Å². The second-order valence-electron chi connectivity index (χ2n) is 6.04. The van der Waals surface area contributed by atoms with E-state index in [9.17, 15) is 9.59 Å². The molecule has 0 saturated heterocycles. The molecule has 0 aromatic carbocycles. The van der Waals surface area contributed by atoms with Crippen molar-refractivity contribution >= 4 is 5.97 Å². The summed E-state index contributed by atoms with van der Waals surface area (Å²) in [6.07, 6.45) is 13.3. The average Bonchev–Trinajstić information content (AvgIpc) is 2.80. The van der Waals surface area contributed by atoms with Crippen molar-refractivity contribution in [3.8, 4) is 0 Å². The van der Waals surface area contributed by atoms with E-state index in [0.29, 0.717) is 5.69 Å². The molecule has 0 fully saturated rings. The molecule has 3 N–H and O–H groups in total. The second kappa shape index (κ2) is 11.1. The fourth-order valence-electron chi connectivity index (χ4n) is 2.76. The van der Waals surface area contributed by atoms with Crippen molar-refractivity contribution in [2.75, 3.05) is 0 Å². The molecule has 1 aromatic heterocycles. The number of carboxylic acids is 1. The van der Waals surface area contributed by atoms with E-state index in [1.54, 1.807) is 0 Å². The van der Waals surface area contributed by atoms with Gasteiger partial charge in [-0.1, -0.05) is 64.7 Å². The molecule has 5 heteroatoms. The van der Waals surface area contributed by atoms with Crippen molar-refractivity contribution in [3.05, 3.63) is 21.9 Å². The fraction of sp³-hybridized carbons (Fsp3) is 0.765. The summed E-state index contributed by atoms with van der Waals surface area (Å²) in [5.74, 6) is -0.917. The van der Waals surface area contributed by atoms with E-state index < -0.39 is 5.97 Å². The lowest BCUT2D eigenvalue weighted by atomic mass is 10.0. The van der Waals surface area contributed by atoms with Gasteiger partial charge in [-0.3, -0.25) is 4.79 Å². The fourth-order valence-corrected chi connectivity index (χ4v) is 2.76. The first-order valence-electron chi connectivity index (χ1n) is 8.65. The van der Waals surface area contributed by atoms with Crippen LogP contribution in [-0.2, 0) is 17.6 Å². The number of aryl methyl sites for hydroxylation is 1. The molecule has 22 heavy (non-hydrogen) atoms. The van der Waals surface area contributed by atoms with E-state index in [-0.39, 0.29) is 12.1 Å². The Morgan fingerprint density at radius 1 is 0.864 bits per heavy atom. The van der Waals surface area contributed by atoms with Crippen LogP contribution in [0.4, 0.5) is 0 Å². The number of H-pyrrole nitrogens is 2. The van der Waals surface area contributed by atoms with Crippen LogP contribution in [0, 0.1) is 0 Å². The van der Waals surface area contributed by atoms with Gasteiger partial charge in [-0.15, -0.1) is 0 Å². The van der Waals surface area contributed by atoms with Crippen LogP contribution in [0.1, 0.15) is 82.5 Å². The quantitative estimate of drug-likeness (QED) is 0.484. The molecule has 0 aliphatic rings. The molecule has 0 aliphatic heterocycles. The largest absolute Gasteiger partial charge is 0.481 e. The lowest BCUT2D eigenvalue weighted by Crippen LogP contribution is -2.05. The Kier molecular flexibility index (Phi) is 9.35. The molecular formula is C17H30N2O3. The van der Waals surface area contributed by atoms with Crippen molar-refractivity contribution in [1.82, 2.24) is 9.97 Å². The highest BCUT2D eigenvalue weighted by atomic mass is 16.4. The summed E-state index contributed by atoms with van der Waals surface area (Å²) >= 11 is 0. The van der Waals surface area contributed by atoms with Gasteiger partial charge in [0.05, 0.1) is 12.1 Å². The molecule has 0 aliphatic carbocycles. The van der Waals surface area contributed by atoms with Crippen LogP contribution in [0.3, 0.4) is 0 Å². The molecule has 0 radical (unpaired) electrons. The van der Waals surface area contributed by atoms with Gasteiger partial charge in [-0.25, -0.2) is 4.79 Å². The summed E-state index contributed by atoms with van der Waals surface area (Å²) in [7, 11) is 0. The number of aromatic amines is 2. The van der Waals surface area contributed by atoms with Gasteiger partial charge < -0.3 is 15.1 Å². The molecule has 0 unspecified atom stereocenters. The molecule has 1 aromatic rings. The summed E-state index contributed by atoms with van der Waals surface area (Å²) in [5, 5.41) is 8.81. The summed E-state index contributed by atoms with van der Waals surface area (Å²) in [4.78, 5) is 27.3. The van der Waals surface area contributed by atoms with Crippen LogP contribution in [0.15, 0.2) is 4.79 Å². The average molecular weight is 310 g/mol. The Morgan fingerprint density at radius 3 is 1.91 bits per heavy atom. The van der Waals surface area contributed by atoms with Gasteiger partial charge in [0.1, 0.15) is 0 Å². The number of hydrogen-bond acceptors (Lipinski definition) is 2. The predicted molar refractivity (Wildman–Crippen MR) is 88.3 cm³/mol. The summed E-state index contributed by atoms with van der Waals surface area (Å²) < 4.78 is 0. The molecule has 0 saturated carbocycles. The topological polar surface area (TPSA) is 86.0 Å². The van der Waals surface area contributed by atoms with Gasteiger partial charge in [0, 0.05) is 5.69 Å². The summed E-state index contributed by atoms with van der Waals surface area (Å²) in [6.45, 7) is 2.24. The molecule has 126 valence electrons. The third-order valence-corrected chi connectivity index (χ3v) is 4.00. The third kappa shape index (κ3) is 8.05. The van der Waals surface area contributed by atoms with Crippen LogP contribution >= 0.6 is 0 Å². The minimum atomic E-state index is -0.917. The molecule has 1 rings (SSSR count). The van der Waals surface area contributed by atoms with Crippen molar-refractivity contribution in [2.45, 2.75) is 84.0 Å². The Morgan fingerprint density at radius 2 is 1.36 bits per heavy atom. The molecule has 1 heterocycles. The first kappa shape index (κ1) is 18.5. The maximum atomic E-state index is 11.3. The van der Waals surface area contributed by atoms with Gasteiger partial charge in [0.25, 0.3) is 0 Å². The number of aliphatic carboxylic acids is 1. The van der Waals surface area contributed by atoms with Crippen molar-refractivity contribution in [1.29, 1.82) is 0 Å². The van der Waals surface area contributed by atoms with Gasteiger partial charge in [-0.05, 0) is 12.8 Å². The number of unbranched alkanes of at least 4 members (excludes halogenated alkanes) is 9. The second-order valence-corrected chi connectivity index (χ2v) is 6.04. The highest BCUT2D eigenvalue weighted by Crippen LogP contribution is 2.12. The van der Waals surface area contributed by atoms with Gasteiger partial charge in [0.15, 0.2) is 0 Å². The predicted octanol–water partition coefficient (Wildman–Crippen LogP) is 3.79. The monoisotopic (exact) mass is 310 g/mol. The van der Waals surface area contributed by atoms with Gasteiger partial charge in [-0.2, -0.15) is 0 Å². The standard InChI is InChI=1S/C17H30N2O3/c1-2-3-4-5-6-7-8-9-10-11-12-14-15(13-16(20)21)19-17(22)18-14/h2-13H2,1H3,(H,20,21)(H2,18,19,22). The van der Waals surface area contributed by atoms with Gasteiger partial charge in [0.2, 0.25) is 0 Å². The zero-order valence-electron chi connectivity index (χ0n) is 13.7. The molecule has 0 atom stereocenters. The SMILES string of the molecule is CCCCCCCCCCCCc1[nH]c(=O)[nH]c1CC(=O)O.